The maximum atomic E-state index is 12.6. The highest BCUT2D eigenvalue weighted by Crippen LogP contribution is 2.31. The summed E-state index contributed by atoms with van der Waals surface area (Å²) in [5.41, 5.74) is 2.52. The number of carbonyl (C=O) groups excluding carboxylic acids is 2. The third kappa shape index (κ3) is 3.29. The molecule has 0 saturated heterocycles. The fourth-order valence-corrected chi connectivity index (χ4v) is 3.39. The quantitative estimate of drug-likeness (QED) is 0.841. The molecule has 1 amide bonds. The van der Waals surface area contributed by atoms with Crippen LogP contribution in [-0.4, -0.2) is 29.2 Å². The number of hydrogen-bond donors (Lipinski definition) is 1. The van der Waals surface area contributed by atoms with Gasteiger partial charge in [-0.3, -0.25) is 4.79 Å². The second kappa shape index (κ2) is 6.70. The summed E-state index contributed by atoms with van der Waals surface area (Å²) in [7, 11) is 0. The van der Waals surface area contributed by atoms with Crippen molar-refractivity contribution in [2.24, 2.45) is 0 Å². The van der Waals surface area contributed by atoms with Crippen LogP contribution in [0, 0.1) is 13.8 Å². The second-order valence-electron chi connectivity index (χ2n) is 6.45. The molecular formula is C19H22N2O4. The predicted octanol–water partition coefficient (Wildman–Crippen LogP) is 2.05. The average Bonchev–Trinajstić information content (AvgIpc) is 3.10. The lowest BCUT2D eigenvalue weighted by molar-refractivity contribution is -0.153. The fraction of sp³-hybridized carbons (Fsp3) is 0.421. The molecule has 1 aliphatic rings. The standard InChI is InChI=1S/C19H22N2O4/c1-4-24-18(23)19(10-14-7-5-6-8-15(14)11-19)20-17(22)9-16-12(2)21-25-13(16)3/h5-8H,4,9-11H2,1-3H3,(H,20,22). The Morgan fingerprint density at radius 3 is 2.40 bits per heavy atom. The van der Waals surface area contributed by atoms with E-state index >= 15 is 0 Å². The molecule has 2 aromatic rings. The number of hydrogen-bond acceptors (Lipinski definition) is 5. The number of benzene rings is 1. The van der Waals surface area contributed by atoms with Crippen molar-refractivity contribution in [3.63, 3.8) is 0 Å². The van der Waals surface area contributed by atoms with Crippen molar-refractivity contribution < 1.29 is 18.8 Å². The van der Waals surface area contributed by atoms with Crippen molar-refractivity contribution in [1.82, 2.24) is 10.5 Å². The summed E-state index contributed by atoms with van der Waals surface area (Å²) in [4.78, 5) is 25.3. The Morgan fingerprint density at radius 2 is 1.88 bits per heavy atom. The second-order valence-corrected chi connectivity index (χ2v) is 6.45. The number of rotatable bonds is 5. The van der Waals surface area contributed by atoms with Gasteiger partial charge in [0.1, 0.15) is 11.3 Å². The largest absolute Gasteiger partial charge is 0.464 e. The van der Waals surface area contributed by atoms with Gasteiger partial charge >= 0.3 is 5.97 Å². The molecule has 0 saturated carbocycles. The first-order valence-electron chi connectivity index (χ1n) is 8.42. The van der Waals surface area contributed by atoms with Crippen LogP contribution in [0.2, 0.25) is 0 Å². The fourth-order valence-electron chi connectivity index (χ4n) is 3.39. The Hall–Kier alpha value is -2.63. The topological polar surface area (TPSA) is 81.4 Å². The Labute approximate surface area is 146 Å². The highest BCUT2D eigenvalue weighted by molar-refractivity contribution is 5.90. The Kier molecular flexibility index (Phi) is 4.61. The molecule has 6 heteroatoms. The summed E-state index contributed by atoms with van der Waals surface area (Å²) < 4.78 is 10.4. The van der Waals surface area contributed by atoms with Gasteiger partial charge in [0.25, 0.3) is 0 Å². The highest BCUT2D eigenvalue weighted by Gasteiger charge is 2.46. The molecule has 1 aromatic heterocycles. The summed E-state index contributed by atoms with van der Waals surface area (Å²) in [5.74, 6) is -0.0129. The van der Waals surface area contributed by atoms with Crippen molar-refractivity contribution in [1.29, 1.82) is 0 Å². The van der Waals surface area contributed by atoms with Crippen LogP contribution in [0.3, 0.4) is 0 Å². The first kappa shape index (κ1) is 17.2. The lowest BCUT2D eigenvalue weighted by Gasteiger charge is -2.28. The molecule has 1 aliphatic carbocycles. The molecule has 132 valence electrons. The molecule has 0 spiro atoms. The molecule has 25 heavy (non-hydrogen) atoms. The smallest absolute Gasteiger partial charge is 0.332 e. The number of nitrogens with zero attached hydrogens (tertiary/aromatic N) is 1. The first-order valence-corrected chi connectivity index (χ1v) is 8.42. The number of ether oxygens (including phenoxy) is 1. The molecule has 0 atom stereocenters. The van der Waals surface area contributed by atoms with Gasteiger partial charge < -0.3 is 14.6 Å². The third-order valence-electron chi connectivity index (χ3n) is 4.67. The van der Waals surface area contributed by atoms with Crippen molar-refractivity contribution >= 4 is 11.9 Å². The van der Waals surface area contributed by atoms with Gasteiger partial charge in [0, 0.05) is 18.4 Å². The number of fused-ring (bicyclic) bond motifs is 1. The van der Waals surface area contributed by atoms with Crippen LogP contribution >= 0.6 is 0 Å². The van der Waals surface area contributed by atoms with E-state index in [0.717, 1.165) is 16.7 Å². The van der Waals surface area contributed by atoms with Crippen molar-refractivity contribution in [3.05, 3.63) is 52.4 Å². The minimum atomic E-state index is -1.05. The molecule has 0 radical (unpaired) electrons. The van der Waals surface area contributed by atoms with E-state index in [-0.39, 0.29) is 18.9 Å². The highest BCUT2D eigenvalue weighted by atomic mass is 16.5. The first-order chi connectivity index (χ1) is 11.9. The third-order valence-corrected chi connectivity index (χ3v) is 4.67. The zero-order valence-electron chi connectivity index (χ0n) is 14.7. The number of carbonyl (C=O) groups is 2. The molecule has 0 unspecified atom stereocenters. The van der Waals surface area contributed by atoms with Crippen LogP contribution in [-0.2, 0) is 33.6 Å². The molecular weight excluding hydrogens is 320 g/mol. The number of amides is 1. The molecule has 1 N–H and O–H groups in total. The zero-order valence-corrected chi connectivity index (χ0v) is 14.7. The van der Waals surface area contributed by atoms with Gasteiger partial charge in [0.15, 0.2) is 0 Å². The Bertz CT molecular complexity index is 765. The van der Waals surface area contributed by atoms with Gasteiger partial charge in [-0.15, -0.1) is 0 Å². The average molecular weight is 342 g/mol. The summed E-state index contributed by atoms with van der Waals surface area (Å²) >= 11 is 0. The minimum absolute atomic E-state index is 0.124. The van der Waals surface area contributed by atoms with E-state index in [0.29, 0.717) is 24.3 Å². The van der Waals surface area contributed by atoms with Crippen LogP contribution in [0.4, 0.5) is 0 Å². The van der Waals surface area contributed by atoms with Crippen LogP contribution < -0.4 is 5.32 Å². The Morgan fingerprint density at radius 1 is 1.24 bits per heavy atom. The van der Waals surface area contributed by atoms with E-state index in [2.05, 4.69) is 10.5 Å². The summed E-state index contributed by atoms with van der Waals surface area (Å²) in [6.45, 7) is 5.61. The molecule has 0 bridgehead atoms. The summed E-state index contributed by atoms with van der Waals surface area (Å²) in [6, 6.07) is 7.84. The van der Waals surface area contributed by atoms with Gasteiger partial charge in [-0.1, -0.05) is 29.4 Å². The monoisotopic (exact) mass is 342 g/mol. The van der Waals surface area contributed by atoms with Crippen LogP contribution in [0.15, 0.2) is 28.8 Å². The molecule has 0 fully saturated rings. The SMILES string of the molecule is CCOC(=O)C1(NC(=O)Cc2c(C)noc2C)Cc2ccccc2C1. The molecule has 1 heterocycles. The van der Waals surface area contributed by atoms with E-state index in [1.54, 1.807) is 20.8 Å². The Balaban J connectivity index is 1.82. The van der Waals surface area contributed by atoms with E-state index in [1.807, 2.05) is 24.3 Å². The lowest BCUT2D eigenvalue weighted by Crippen LogP contribution is -2.56. The lowest BCUT2D eigenvalue weighted by atomic mass is 9.95. The van der Waals surface area contributed by atoms with Gasteiger partial charge in [-0.05, 0) is 31.9 Å². The molecule has 3 rings (SSSR count). The maximum absolute atomic E-state index is 12.6. The molecule has 1 aromatic carbocycles. The molecule has 6 nitrogen and oxygen atoms in total. The zero-order chi connectivity index (χ0) is 18.0. The van der Waals surface area contributed by atoms with Crippen molar-refractivity contribution in [3.8, 4) is 0 Å². The van der Waals surface area contributed by atoms with E-state index in [9.17, 15) is 9.59 Å². The number of aromatic nitrogens is 1. The van der Waals surface area contributed by atoms with Gasteiger partial charge in [-0.2, -0.15) is 0 Å². The number of aryl methyl sites for hydroxylation is 2. The maximum Gasteiger partial charge on any atom is 0.332 e. The van der Waals surface area contributed by atoms with Crippen molar-refractivity contribution in [2.45, 2.75) is 45.6 Å². The predicted molar refractivity (Wildman–Crippen MR) is 91.0 cm³/mol. The van der Waals surface area contributed by atoms with E-state index in [1.165, 1.54) is 0 Å². The van der Waals surface area contributed by atoms with Gasteiger partial charge in [-0.25, -0.2) is 4.79 Å². The van der Waals surface area contributed by atoms with Crippen molar-refractivity contribution in [2.75, 3.05) is 6.61 Å². The van der Waals surface area contributed by atoms with Crippen LogP contribution in [0.5, 0.6) is 0 Å². The summed E-state index contributed by atoms with van der Waals surface area (Å²) in [6.07, 6.45) is 1.00. The van der Waals surface area contributed by atoms with Gasteiger partial charge in [0.2, 0.25) is 5.91 Å². The molecule has 0 aliphatic heterocycles. The normalized spacial score (nSPS) is 14.8. The van der Waals surface area contributed by atoms with E-state index in [4.69, 9.17) is 9.26 Å². The number of nitrogens with one attached hydrogen (secondary N) is 1. The number of esters is 1. The minimum Gasteiger partial charge on any atom is -0.464 e. The van der Waals surface area contributed by atoms with Crippen LogP contribution in [0.25, 0.3) is 0 Å². The van der Waals surface area contributed by atoms with Crippen LogP contribution in [0.1, 0.15) is 35.1 Å². The van der Waals surface area contributed by atoms with E-state index < -0.39 is 11.5 Å². The van der Waals surface area contributed by atoms with Gasteiger partial charge in [0.05, 0.1) is 18.7 Å². The summed E-state index contributed by atoms with van der Waals surface area (Å²) in [5, 5.41) is 6.80.